The highest BCUT2D eigenvalue weighted by molar-refractivity contribution is 5.15. The molecule has 0 aliphatic carbocycles. The van der Waals surface area contributed by atoms with Crippen molar-refractivity contribution < 1.29 is 33.5 Å². The van der Waals surface area contributed by atoms with Gasteiger partial charge in [-0.05, 0) is 16.7 Å². The molecular formula is C33H40O7. The number of aliphatic hydroxyl groups excluding tert-OH is 1. The average molecular weight is 549 g/mol. The third-order valence-corrected chi connectivity index (χ3v) is 7.21. The molecule has 7 heteroatoms. The first kappa shape index (κ1) is 28.9. The van der Waals surface area contributed by atoms with Crippen LogP contribution in [0, 0.1) is 0 Å². The molecule has 0 aromatic heterocycles. The second-order valence-corrected chi connectivity index (χ2v) is 10.5. The van der Waals surface area contributed by atoms with Crippen molar-refractivity contribution in [1.82, 2.24) is 0 Å². The summed E-state index contributed by atoms with van der Waals surface area (Å²) in [5.74, 6) is 0. The Hall–Kier alpha value is -2.62. The van der Waals surface area contributed by atoms with Gasteiger partial charge in [0.1, 0.15) is 0 Å². The van der Waals surface area contributed by atoms with Gasteiger partial charge in [-0.2, -0.15) is 0 Å². The summed E-state index contributed by atoms with van der Waals surface area (Å²) in [6.07, 6.45) is 0.543. The van der Waals surface area contributed by atoms with Gasteiger partial charge >= 0.3 is 0 Å². The van der Waals surface area contributed by atoms with Crippen LogP contribution < -0.4 is 0 Å². The molecule has 3 aromatic carbocycles. The Balaban J connectivity index is 1.12. The van der Waals surface area contributed by atoms with E-state index in [0.717, 1.165) is 23.1 Å². The second-order valence-electron chi connectivity index (χ2n) is 10.5. The molecule has 6 atom stereocenters. The minimum Gasteiger partial charge on any atom is -0.374 e. The summed E-state index contributed by atoms with van der Waals surface area (Å²) in [7, 11) is 0. The van der Waals surface area contributed by atoms with Gasteiger partial charge in [0, 0.05) is 25.7 Å². The van der Waals surface area contributed by atoms with Gasteiger partial charge in [-0.25, -0.2) is 0 Å². The van der Waals surface area contributed by atoms with Crippen molar-refractivity contribution in [3.8, 4) is 0 Å². The molecule has 0 bridgehead atoms. The summed E-state index contributed by atoms with van der Waals surface area (Å²) in [4.78, 5) is 0. The molecule has 0 radical (unpaired) electrons. The first-order valence-electron chi connectivity index (χ1n) is 14.2. The molecule has 3 aromatic rings. The molecule has 7 nitrogen and oxygen atoms in total. The molecule has 214 valence electrons. The Morgan fingerprint density at radius 2 is 1.05 bits per heavy atom. The highest BCUT2D eigenvalue weighted by Gasteiger charge is 2.34. The van der Waals surface area contributed by atoms with Crippen LogP contribution in [0.1, 0.15) is 42.4 Å². The maximum absolute atomic E-state index is 10.3. The molecule has 0 spiro atoms. The van der Waals surface area contributed by atoms with Gasteiger partial charge in [-0.1, -0.05) is 91.0 Å². The molecule has 2 saturated heterocycles. The van der Waals surface area contributed by atoms with Crippen LogP contribution in [0.15, 0.2) is 91.0 Å². The minimum absolute atomic E-state index is 0.0240. The number of ether oxygens (including phenoxy) is 6. The minimum atomic E-state index is -0.878. The van der Waals surface area contributed by atoms with E-state index in [4.69, 9.17) is 28.4 Å². The molecule has 2 fully saturated rings. The van der Waals surface area contributed by atoms with Crippen molar-refractivity contribution in [2.45, 2.75) is 82.5 Å². The van der Waals surface area contributed by atoms with E-state index in [9.17, 15) is 5.11 Å². The average Bonchev–Trinajstić information content (AvgIpc) is 2.99. The number of hydrogen-bond acceptors (Lipinski definition) is 7. The van der Waals surface area contributed by atoms with Gasteiger partial charge in [0.15, 0.2) is 12.6 Å². The van der Waals surface area contributed by atoms with Crippen molar-refractivity contribution in [3.05, 3.63) is 108 Å². The Labute approximate surface area is 236 Å². The van der Waals surface area contributed by atoms with Crippen LogP contribution in [-0.4, -0.2) is 55.3 Å². The van der Waals surface area contributed by atoms with Crippen LogP contribution in [0.25, 0.3) is 0 Å². The zero-order valence-electron chi connectivity index (χ0n) is 22.9. The van der Waals surface area contributed by atoms with E-state index >= 15 is 0 Å². The maximum atomic E-state index is 10.3. The van der Waals surface area contributed by atoms with E-state index in [2.05, 4.69) is 24.3 Å². The molecular weight excluding hydrogens is 508 g/mol. The molecule has 2 heterocycles. The molecule has 0 saturated carbocycles. The highest BCUT2D eigenvalue weighted by atomic mass is 16.7. The zero-order chi connectivity index (χ0) is 27.4. The Morgan fingerprint density at radius 1 is 0.550 bits per heavy atom. The topological polar surface area (TPSA) is 75.6 Å². The van der Waals surface area contributed by atoms with Crippen molar-refractivity contribution in [2.24, 2.45) is 0 Å². The standard InChI is InChI=1S/C33H40O7/c34-32-18-28(36-21-26-12-6-2-7-13-26)16-31(39-32)24-38-33-19-29(37-22-27-14-8-3-9-15-27)17-30(40-33)23-35-20-25-10-4-1-5-11-25/h1-15,28-34H,16-24H2. The van der Waals surface area contributed by atoms with E-state index in [1.807, 2.05) is 66.7 Å². The third kappa shape index (κ3) is 9.49. The van der Waals surface area contributed by atoms with Gasteiger partial charge < -0.3 is 33.5 Å². The number of rotatable bonds is 13. The van der Waals surface area contributed by atoms with Crippen molar-refractivity contribution in [3.63, 3.8) is 0 Å². The number of benzene rings is 3. The fourth-order valence-electron chi connectivity index (χ4n) is 5.15. The first-order valence-corrected chi connectivity index (χ1v) is 14.2. The van der Waals surface area contributed by atoms with Gasteiger partial charge in [0.2, 0.25) is 0 Å². The van der Waals surface area contributed by atoms with Crippen LogP contribution >= 0.6 is 0 Å². The summed E-state index contributed by atoms with van der Waals surface area (Å²) >= 11 is 0. The Kier molecular flexibility index (Phi) is 11.1. The van der Waals surface area contributed by atoms with E-state index < -0.39 is 12.6 Å². The lowest BCUT2D eigenvalue weighted by molar-refractivity contribution is -0.260. The fraction of sp³-hybridized carbons (Fsp3) is 0.455. The molecule has 2 aliphatic rings. The van der Waals surface area contributed by atoms with E-state index in [-0.39, 0.29) is 24.4 Å². The van der Waals surface area contributed by atoms with E-state index in [1.54, 1.807) is 0 Å². The normalized spacial score (nSPS) is 26.9. The van der Waals surface area contributed by atoms with Gasteiger partial charge in [0.05, 0.1) is 57.5 Å². The van der Waals surface area contributed by atoms with Crippen LogP contribution in [0.3, 0.4) is 0 Å². The lowest BCUT2D eigenvalue weighted by Crippen LogP contribution is -2.43. The van der Waals surface area contributed by atoms with Gasteiger partial charge in [-0.15, -0.1) is 0 Å². The SMILES string of the molecule is OC1CC(OCc2ccccc2)CC(COC2CC(OCc3ccccc3)CC(COCc3ccccc3)O2)O1. The monoisotopic (exact) mass is 548 g/mol. The van der Waals surface area contributed by atoms with Crippen LogP contribution in [0.5, 0.6) is 0 Å². The summed E-state index contributed by atoms with van der Waals surface area (Å²) in [5, 5.41) is 10.3. The van der Waals surface area contributed by atoms with E-state index in [1.165, 1.54) is 0 Å². The quantitative estimate of drug-likeness (QED) is 0.307. The summed E-state index contributed by atoms with van der Waals surface area (Å²) in [6.45, 7) is 2.32. The van der Waals surface area contributed by atoms with Crippen LogP contribution in [-0.2, 0) is 48.2 Å². The first-order chi connectivity index (χ1) is 19.7. The van der Waals surface area contributed by atoms with Crippen LogP contribution in [0.2, 0.25) is 0 Å². The molecule has 1 N–H and O–H groups in total. The fourth-order valence-corrected chi connectivity index (χ4v) is 5.15. The molecule has 5 rings (SSSR count). The smallest absolute Gasteiger partial charge is 0.160 e. The predicted octanol–water partition coefficient (Wildman–Crippen LogP) is 5.39. The number of aliphatic hydroxyl groups is 1. The van der Waals surface area contributed by atoms with E-state index in [0.29, 0.717) is 52.3 Å². The Bertz CT molecular complexity index is 1100. The second kappa shape index (κ2) is 15.4. The van der Waals surface area contributed by atoms with Gasteiger partial charge in [0.25, 0.3) is 0 Å². The number of hydrogen-bond donors (Lipinski definition) is 1. The summed E-state index contributed by atoms with van der Waals surface area (Å²) < 4.78 is 36.6. The summed E-state index contributed by atoms with van der Waals surface area (Å²) in [6, 6.07) is 30.3. The largest absolute Gasteiger partial charge is 0.374 e. The zero-order valence-corrected chi connectivity index (χ0v) is 22.9. The lowest BCUT2D eigenvalue weighted by Gasteiger charge is -2.37. The molecule has 2 aliphatic heterocycles. The van der Waals surface area contributed by atoms with Crippen molar-refractivity contribution in [2.75, 3.05) is 13.2 Å². The maximum Gasteiger partial charge on any atom is 0.160 e. The third-order valence-electron chi connectivity index (χ3n) is 7.21. The van der Waals surface area contributed by atoms with Gasteiger partial charge in [-0.3, -0.25) is 0 Å². The van der Waals surface area contributed by atoms with Crippen LogP contribution in [0.4, 0.5) is 0 Å². The predicted molar refractivity (Wildman–Crippen MR) is 150 cm³/mol. The van der Waals surface area contributed by atoms with Crippen molar-refractivity contribution >= 4 is 0 Å². The summed E-state index contributed by atoms with van der Waals surface area (Å²) in [5.41, 5.74) is 3.36. The molecule has 0 amide bonds. The highest BCUT2D eigenvalue weighted by Crippen LogP contribution is 2.27. The molecule has 6 unspecified atom stereocenters. The lowest BCUT2D eigenvalue weighted by atomic mass is 10.0. The molecule has 40 heavy (non-hydrogen) atoms. The van der Waals surface area contributed by atoms with Crippen molar-refractivity contribution in [1.29, 1.82) is 0 Å². The Morgan fingerprint density at radius 3 is 1.62 bits per heavy atom.